The molecule has 0 aliphatic carbocycles. The zero-order chi connectivity index (χ0) is 18.4. The maximum Gasteiger partial charge on any atom is 0.220 e. The summed E-state index contributed by atoms with van der Waals surface area (Å²) in [6.45, 7) is 6.47. The highest BCUT2D eigenvalue weighted by Crippen LogP contribution is 2.28. The van der Waals surface area contributed by atoms with Crippen molar-refractivity contribution in [2.24, 2.45) is 0 Å². The molecule has 0 bridgehead atoms. The number of rotatable bonds is 7. The number of carbonyl (C=O) groups is 1. The van der Waals surface area contributed by atoms with Gasteiger partial charge in [-0.25, -0.2) is 0 Å². The first-order chi connectivity index (χ1) is 11.8. The van der Waals surface area contributed by atoms with Gasteiger partial charge in [0.05, 0.1) is 0 Å². The van der Waals surface area contributed by atoms with Gasteiger partial charge in [-0.3, -0.25) is 4.79 Å². The molecular weight excluding hydrogens is 353 g/mol. The lowest BCUT2D eigenvalue weighted by molar-refractivity contribution is -0.121. The average molecular weight is 378 g/mol. The number of benzene rings is 2. The molecule has 0 spiro atoms. The summed E-state index contributed by atoms with van der Waals surface area (Å²) in [4.78, 5) is 12.2. The summed E-state index contributed by atoms with van der Waals surface area (Å²) in [6, 6.07) is 15.9. The third-order valence-corrected chi connectivity index (χ3v) is 5.00. The summed E-state index contributed by atoms with van der Waals surface area (Å²) in [6.07, 6.45) is 1.90. The number of carbonyl (C=O) groups excluding carboxylic acids is 1. The fourth-order valence-corrected chi connectivity index (χ4v) is 3.65. The van der Waals surface area contributed by atoms with Crippen molar-refractivity contribution in [3.63, 3.8) is 0 Å². The van der Waals surface area contributed by atoms with Crippen molar-refractivity contribution in [1.29, 1.82) is 0 Å². The lowest BCUT2D eigenvalue weighted by Crippen LogP contribution is -2.37. The summed E-state index contributed by atoms with van der Waals surface area (Å²) in [7, 11) is 0. The Morgan fingerprint density at radius 2 is 1.80 bits per heavy atom. The van der Waals surface area contributed by atoms with E-state index in [1.54, 1.807) is 12.1 Å². The Kier molecular flexibility index (Phi) is 6.92. The highest BCUT2D eigenvalue weighted by atomic mass is 35.5. The van der Waals surface area contributed by atoms with Crippen molar-refractivity contribution in [3.8, 4) is 0 Å². The number of hydrogen-bond donors (Lipinski definition) is 1. The average Bonchev–Trinajstić information content (AvgIpc) is 2.54. The number of amides is 1. The molecule has 2 aromatic rings. The molecule has 2 aromatic carbocycles. The number of nitrogens with one attached hydrogen (secondary N) is 1. The van der Waals surface area contributed by atoms with E-state index in [4.69, 9.17) is 23.2 Å². The molecule has 0 radical (unpaired) electrons. The summed E-state index contributed by atoms with van der Waals surface area (Å²) in [5, 5.41) is 4.31. The highest BCUT2D eigenvalue weighted by molar-refractivity contribution is 6.35. The van der Waals surface area contributed by atoms with Crippen molar-refractivity contribution in [2.75, 3.05) is 0 Å². The van der Waals surface area contributed by atoms with Crippen LogP contribution in [0.3, 0.4) is 0 Å². The van der Waals surface area contributed by atoms with Crippen LogP contribution >= 0.6 is 23.2 Å². The van der Waals surface area contributed by atoms with Gasteiger partial charge < -0.3 is 5.32 Å². The van der Waals surface area contributed by atoms with Gasteiger partial charge in [-0.1, -0.05) is 73.4 Å². The molecule has 1 N–H and O–H groups in total. The zero-order valence-corrected chi connectivity index (χ0v) is 16.5. The molecule has 0 fully saturated rings. The van der Waals surface area contributed by atoms with E-state index in [1.165, 1.54) is 5.56 Å². The van der Waals surface area contributed by atoms with Crippen LogP contribution in [-0.4, -0.2) is 11.9 Å². The minimum absolute atomic E-state index is 0.00738. The van der Waals surface area contributed by atoms with Crippen LogP contribution in [0.15, 0.2) is 48.5 Å². The van der Waals surface area contributed by atoms with E-state index >= 15 is 0 Å². The zero-order valence-electron chi connectivity index (χ0n) is 15.0. The van der Waals surface area contributed by atoms with Crippen molar-refractivity contribution in [1.82, 2.24) is 5.32 Å². The van der Waals surface area contributed by atoms with Gasteiger partial charge >= 0.3 is 0 Å². The maximum atomic E-state index is 12.2. The second kappa shape index (κ2) is 8.73. The third-order valence-electron chi connectivity index (χ3n) is 4.42. The van der Waals surface area contributed by atoms with Crippen LogP contribution in [0.4, 0.5) is 0 Å². The fraction of sp³-hybridized carbons (Fsp3) is 0.381. The van der Waals surface area contributed by atoms with Gasteiger partial charge in [0.15, 0.2) is 0 Å². The molecular formula is C21H25Cl2NO. The first-order valence-electron chi connectivity index (χ1n) is 8.57. The van der Waals surface area contributed by atoms with Gasteiger partial charge in [-0.2, -0.15) is 0 Å². The van der Waals surface area contributed by atoms with E-state index in [0.717, 1.165) is 12.0 Å². The van der Waals surface area contributed by atoms with Crippen LogP contribution in [-0.2, 0) is 16.6 Å². The number of aryl methyl sites for hydroxylation is 1. The quantitative estimate of drug-likeness (QED) is 0.648. The Balaban J connectivity index is 1.85. The fourth-order valence-electron chi connectivity index (χ4n) is 3.14. The summed E-state index contributed by atoms with van der Waals surface area (Å²) >= 11 is 12.1. The Labute approximate surface area is 160 Å². The van der Waals surface area contributed by atoms with Gasteiger partial charge in [0.2, 0.25) is 5.91 Å². The number of halogens is 2. The minimum atomic E-state index is 0.00738. The molecule has 0 aromatic heterocycles. The molecule has 0 unspecified atom stereocenters. The Morgan fingerprint density at radius 1 is 1.12 bits per heavy atom. The largest absolute Gasteiger partial charge is 0.354 e. The summed E-state index contributed by atoms with van der Waals surface area (Å²) < 4.78 is 0. The van der Waals surface area contributed by atoms with Crippen molar-refractivity contribution >= 4 is 29.1 Å². The van der Waals surface area contributed by atoms with Crippen LogP contribution in [0.1, 0.15) is 44.7 Å². The topological polar surface area (TPSA) is 29.1 Å². The predicted octanol–water partition coefficient (Wildman–Crippen LogP) is 5.80. The summed E-state index contributed by atoms with van der Waals surface area (Å²) in [5.41, 5.74) is 2.23. The van der Waals surface area contributed by atoms with E-state index < -0.39 is 0 Å². The lowest BCUT2D eigenvalue weighted by atomic mass is 9.79. The maximum absolute atomic E-state index is 12.2. The third kappa shape index (κ3) is 6.05. The molecule has 0 saturated heterocycles. The van der Waals surface area contributed by atoms with Gasteiger partial charge in [0, 0.05) is 22.5 Å². The van der Waals surface area contributed by atoms with Gasteiger partial charge in [-0.05, 0) is 48.4 Å². The van der Waals surface area contributed by atoms with E-state index in [9.17, 15) is 4.79 Å². The normalized spacial score (nSPS) is 12.7. The second-order valence-electron chi connectivity index (χ2n) is 7.16. The van der Waals surface area contributed by atoms with Crippen LogP contribution in [0.25, 0.3) is 0 Å². The van der Waals surface area contributed by atoms with Crippen molar-refractivity contribution in [2.45, 2.75) is 51.5 Å². The Bertz CT molecular complexity index is 713. The first kappa shape index (κ1) is 19.8. The summed E-state index contributed by atoms with van der Waals surface area (Å²) in [5.74, 6) is 0.0439. The highest BCUT2D eigenvalue weighted by Gasteiger charge is 2.23. The van der Waals surface area contributed by atoms with Crippen LogP contribution in [0, 0.1) is 0 Å². The van der Waals surface area contributed by atoms with Crippen LogP contribution in [0.2, 0.25) is 10.0 Å². The molecule has 2 rings (SSSR count). The molecule has 0 aliphatic heterocycles. The van der Waals surface area contributed by atoms with Gasteiger partial charge in [0.25, 0.3) is 0 Å². The molecule has 0 aliphatic rings. The van der Waals surface area contributed by atoms with Crippen LogP contribution < -0.4 is 5.32 Å². The molecule has 0 heterocycles. The molecule has 25 heavy (non-hydrogen) atoms. The standard InChI is InChI=1S/C21H25Cl2NO/c1-15(14-21(2,3)17-7-5-4-6-8-17)24-20(25)12-10-16-9-11-18(22)13-19(16)23/h4-9,11,13,15H,10,12,14H2,1-3H3,(H,24,25)/t15-/m0/s1. The Hall–Kier alpha value is -1.51. The van der Waals surface area contributed by atoms with Crippen LogP contribution in [0.5, 0.6) is 0 Å². The van der Waals surface area contributed by atoms with E-state index in [0.29, 0.717) is 22.9 Å². The minimum Gasteiger partial charge on any atom is -0.354 e. The molecule has 0 saturated carbocycles. The molecule has 134 valence electrons. The smallest absolute Gasteiger partial charge is 0.220 e. The van der Waals surface area contributed by atoms with Crippen molar-refractivity contribution < 1.29 is 4.79 Å². The molecule has 1 atom stereocenters. The Morgan fingerprint density at radius 3 is 2.44 bits per heavy atom. The predicted molar refractivity (Wildman–Crippen MR) is 106 cm³/mol. The molecule has 2 nitrogen and oxygen atoms in total. The van der Waals surface area contributed by atoms with Crippen molar-refractivity contribution in [3.05, 3.63) is 69.7 Å². The van der Waals surface area contributed by atoms with E-state index in [1.807, 2.05) is 12.1 Å². The lowest BCUT2D eigenvalue weighted by Gasteiger charge is -2.29. The second-order valence-corrected chi connectivity index (χ2v) is 8.00. The van der Waals surface area contributed by atoms with E-state index in [2.05, 4.69) is 50.4 Å². The number of hydrogen-bond acceptors (Lipinski definition) is 1. The van der Waals surface area contributed by atoms with Gasteiger partial charge in [-0.15, -0.1) is 0 Å². The first-order valence-corrected chi connectivity index (χ1v) is 9.32. The SMILES string of the molecule is C[C@@H](CC(C)(C)c1ccccc1)NC(=O)CCc1ccc(Cl)cc1Cl. The molecule has 4 heteroatoms. The monoisotopic (exact) mass is 377 g/mol. The van der Waals surface area contributed by atoms with E-state index in [-0.39, 0.29) is 17.4 Å². The molecule has 1 amide bonds. The van der Waals surface area contributed by atoms with Gasteiger partial charge in [0.1, 0.15) is 0 Å².